The van der Waals surface area contributed by atoms with Gasteiger partial charge in [0.25, 0.3) is 0 Å². The van der Waals surface area contributed by atoms with Gasteiger partial charge in [-0.1, -0.05) is 49.4 Å². The Morgan fingerprint density at radius 1 is 1.05 bits per heavy atom. The molecule has 3 heteroatoms. The summed E-state index contributed by atoms with van der Waals surface area (Å²) in [5, 5.41) is 0. The lowest BCUT2D eigenvalue weighted by atomic mass is 9.82. The molecule has 0 heterocycles. The first-order valence-electron chi connectivity index (χ1n) is 6.78. The van der Waals surface area contributed by atoms with Gasteiger partial charge in [0.15, 0.2) is 5.78 Å². The summed E-state index contributed by atoms with van der Waals surface area (Å²) >= 11 is 0. The quantitative estimate of drug-likeness (QED) is 0.819. The van der Waals surface area contributed by atoms with Crippen molar-refractivity contribution in [1.29, 1.82) is 0 Å². The van der Waals surface area contributed by atoms with Crippen LogP contribution in [0.1, 0.15) is 24.5 Å². The molecule has 3 nitrogen and oxygen atoms in total. The molecule has 104 valence electrons. The molecule has 0 bridgehead atoms. The minimum absolute atomic E-state index is 0.0240. The molecule has 4 N–H and O–H groups in total. The molecular weight excluding hydrogens is 248 g/mol. The molecule has 1 unspecified atom stereocenters. The molecule has 0 spiro atoms. The molecule has 0 aliphatic heterocycles. The molecule has 0 amide bonds. The molecule has 0 saturated heterocycles. The van der Waals surface area contributed by atoms with Crippen molar-refractivity contribution in [2.24, 2.45) is 5.73 Å². The smallest absolute Gasteiger partial charge is 0.161 e. The molecule has 0 aliphatic rings. The second kappa shape index (κ2) is 5.88. The molecule has 1 atom stereocenters. The van der Waals surface area contributed by atoms with Gasteiger partial charge in [0.1, 0.15) is 5.54 Å². The number of rotatable bonds is 5. The summed E-state index contributed by atoms with van der Waals surface area (Å²) in [6.45, 7) is 1.93. The van der Waals surface area contributed by atoms with E-state index in [1.807, 2.05) is 49.4 Å². The summed E-state index contributed by atoms with van der Waals surface area (Å²) in [5.41, 5.74) is 13.6. The van der Waals surface area contributed by atoms with Gasteiger partial charge in [-0.25, -0.2) is 0 Å². The minimum atomic E-state index is -0.955. The molecule has 20 heavy (non-hydrogen) atoms. The fourth-order valence-corrected chi connectivity index (χ4v) is 2.28. The third kappa shape index (κ3) is 2.89. The molecule has 0 aliphatic carbocycles. The van der Waals surface area contributed by atoms with Crippen LogP contribution in [0.15, 0.2) is 54.6 Å². The highest BCUT2D eigenvalue weighted by molar-refractivity contribution is 5.91. The van der Waals surface area contributed by atoms with Crippen LogP contribution in [0.2, 0.25) is 0 Å². The van der Waals surface area contributed by atoms with E-state index >= 15 is 0 Å². The van der Waals surface area contributed by atoms with Gasteiger partial charge in [0.05, 0.1) is 0 Å². The SMILES string of the molecule is CCC(N)(C(=O)Cc1ccccc1)c1ccc(N)cc1. The van der Waals surface area contributed by atoms with Crippen molar-refractivity contribution >= 4 is 11.5 Å². The number of Topliss-reactive ketones (excluding diaryl/α,β-unsaturated/α-hetero) is 1. The van der Waals surface area contributed by atoms with Crippen molar-refractivity contribution in [3.63, 3.8) is 0 Å². The van der Waals surface area contributed by atoms with E-state index in [0.29, 0.717) is 18.5 Å². The zero-order chi connectivity index (χ0) is 14.6. The van der Waals surface area contributed by atoms with Crippen LogP contribution in [-0.4, -0.2) is 5.78 Å². The molecule has 0 saturated carbocycles. The summed E-state index contributed by atoms with van der Waals surface area (Å²) in [6.07, 6.45) is 0.901. The van der Waals surface area contributed by atoms with Gasteiger partial charge in [-0.15, -0.1) is 0 Å². The van der Waals surface area contributed by atoms with Crippen molar-refractivity contribution in [2.75, 3.05) is 5.73 Å². The average Bonchev–Trinajstić information content (AvgIpc) is 2.48. The van der Waals surface area contributed by atoms with Crippen molar-refractivity contribution in [3.8, 4) is 0 Å². The maximum atomic E-state index is 12.6. The van der Waals surface area contributed by atoms with Gasteiger partial charge < -0.3 is 11.5 Å². The zero-order valence-corrected chi connectivity index (χ0v) is 11.7. The summed E-state index contributed by atoms with van der Waals surface area (Å²) < 4.78 is 0. The Balaban J connectivity index is 2.26. The van der Waals surface area contributed by atoms with Crippen LogP contribution in [0.4, 0.5) is 5.69 Å². The predicted octanol–water partition coefficient (Wildman–Crippen LogP) is 2.64. The van der Waals surface area contributed by atoms with Crippen LogP contribution in [0, 0.1) is 0 Å². The second-order valence-electron chi connectivity index (χ2n) is 5.03. The van der Waals surface area contributed by atoms with Crippen molar-refractivity contribution in [3.05, 3.63) is 65.7 Å². The fraction of sp³-hybridized carbons (Fsp3) is 0.235. The number of carbonyl (C=O) groups excluding carboxylic acids is 1. The first-order chi connectivity index (χ1) is 9.56. The van der Waals surface area contributed by atoms with Gasteiger partial charge in [0.2, 0.25) is 0 Å². The van der Waals surface area contributed by atoms with Crippen LogP contribution in [0.5, 0.6) is 0 Å². The Bertz CT molecular complexity index is 578. The maximum Gasteiger partial charge on any atom is 0.161 e. The van der Waals surface area contributed by atoms with E-state index in [1.165, 1.54) is 0 Å². The largest absolute Gasteiger partial charge is 0.399 e. The number of anilines is 1. The van der Waals surface area contributed by atoms with E-state index in [-0.39, 0.29) is 5.78 Å². The minimum Gasteiger partial charge on any atom is -0.399 e. The van der Waals surface area contributed by atoms with E-state index in [4.69, 9.17) is 11.5 Å². The van der Waals surface area contributed by atoms with E-state index < -0.39 is 5.54 Å². The van der Waals surface area contributed by atoms with E-state index in [2.05, 4.69) is 0 Å². The van der Waals surface area contributed by atoms with Crippen LogP contribution in [0.3, 0.4) is 0 Å². The monoisotopic (exact) mass is 268 g/mol. The number of benzene rings is 2. The third-order valence-corrected chi connectivity index (χ3v) is 3.69. The first-order valence-corrected chi connectivity index (χ1v) is 6.78. The molecular formula is C17H20N2O. The third-order valence-electron chi connectivity index (χ3n) is 3.69. The lowest BCUT2D eigenvalue weighted by Crippen LogP contribution is -2.45. The van der Waals surface area contributed by atoms with Crippen molar-refractivity contribution < 1.29 is 4.79 Å². The van der Waals surface area contributed by atoms with E-state index in [1.54, 1.807) is 12.1 Å². The predicted molar refractivity (Wildman–Crippen MR) is 82.2 cm³/mol. The van der Waals surface area contributed by atoms with Gasteiger partial charge in [0, 0.05) is 12.1 Å². The lowest BCUT2D eigenvalue weighted by molar-refractivity contribution is -0.124. The van der Waals surface area contributed by atoms with Crippen LogP contribution >= 0.6 is 0 Å². The Morgan fingerprint density at radius 2 is 1.65 bits per heavy atom. The van der Waals surface area contributed by atoms with Gasteiger partial charge in [-0.3, -0.25) is 4.79 Å². The number of hydrogen-bond acceptors (Lipinski definition) is 3. The highest BCUT2D eigenvalue weighted by Crippen LogP contribution is 2.25. The number of ketones is 1. The number of hydrogen-bond donors (Lipinski definition) is 2. The average molecular weight is 268 g/mol. The standard InChI is InChI=1S/C17H20N2O/c1-2-17(19,14-8-10-15(18)11-9-14)16(20)12-13-6-4-3-5-7-13/h3-11H,2,12,18-19H2,1H3. The van der Waals surface area contributed by atoms with E-state index in [9.17, 15) is 4.79 Å². The van der Waals surface area contributed by atoms with Crippen LogP contribution < -0.4 is 11.5 Å². The summed E-state index contributed by atoms with van der Waals surface area (Å²) in [7, 11) is 0. The number of nitrogens with two attached hydrogens (primary N) is 2. The van der Waals surface area contributed by atoms with Crippen LogP contribution in [-0.2, 0) is 16.8 Å². The number of nitrogen functional groups attached to an aromatic ring is 1. The normalized spacial score (nSPS) is 13.7. The second-order valence-corrected chi connectivity index (χ2v) is 5.03. The lowest BCUT2D eigenvalue weighted by Gasteiger charge is -2.27. The van der Waals surface area contributed by atoms with Gasteiger partial charge >= 0.3 is 0 Å². The Kier molecular flexibility index (Phi) is 4.20. The zero-order valence-electron chi connectivity index (χ0n) is 11.7. The van der Waals surface area contributed by atoms with Crippen molar-refractivity contribution in [2.45, 2.75) is 25.3 Å². The van der Waals surface area contributed by atoms with Crippen LogP contribution in [0.25, 0.3) is 0 Å². The Labute approximate surface area is 119 Å². The molecule has 2 rings (SSSR count). The topological polar surface area (TPSA) is 69.1 Å². The Morgan fingerprint density at radius 3 is 2.20 bits per heavy atom. The molecule has 0 aromatic heterocycles. The fourth-order valence-electron chi connectivity index (χ4n) is 2.28. The van der Waals surface area contributed by atoms with Gasteiger partial charge in [-0.2, -0.15) is 0 Å². The number of carbonyl (C=O) groups is 1. The highest BCUT2D eigenvalue weighted by atomic mass is 16.1. The van der Waals surface area contributed by atoms with Gasteiger partial charge in [-0.05, 0) is 29.7 Å². The Hall–Kier alpha value is -2.13. The highest BCUT2D eigenvalue weighted by Gasteiger charge is 2.33. The van der Waals surface area contributed by atoms with Crippen molar-refractivity contribution in [1.82, 2.24) is 0 Å². The summed E-state index contributed by atoms with van der Waals surface area (Å²) in [5.74, 6) is 0.0240. The summed E-state index contributed by atoms with van der Waals surface area (Å²) in [6, 6.07) is 16.9. The molecule has 2 aromatic rings. The maximum absolute atomic E-state index is 12.6. The molecule has 0 fully saturated rings. The summed E-state index contributed by atoms with van der Waals surface area (Å²) in [4.78, 5) is 12.6. The molecule has 0 radical (unpaired) electrons. The van der Waals surface area contributed by atoms with E-state index in [0.717, 1.165) is 11.1 Å². The first kappa shape index (κ1) is 14.3. The molecule has 2 aromatic carbocycles.